The van der Waals surface area contributed by atoms with Gasteiger partial charge in [-0.3, -0.25) is 14.5 Å². The van der Waals surface area contributed by atoms with Crippen molar-refractivity contribution in [2.45, 2.75) is 13.0 Å². The number of methoxy groups -OCH3 is 3. The van der Waals surface area contributed by atoms with Crippen LogP contribution >= 0.6 is 11.6 Å². The van der Waals surface area contributed by atoms with Crippen LogP contribution in [0.25, 0.3) is 5.76 Å². The van der Waals surface area contributed by atoms with Crippen molar-refractivity contribution in [1.29, 1.82) is 0 Å². The number of anilines is 1. The largest absolute Gasteiger partial charge is 0.507 e. The molecule has 9 nitrogen and oxygen atoms in total. The topological polar surface area (TPSA) is 104 Å². The molecule has 0 aliphatic carbocycles. The number of benzene rings is 3. The molecule has 0 spiro atoms. The van der Waals surface area contributed by atoms with Crippen molar-refractivity contribution in [3.63, 3.8) is 0 Å². The van der Waals surface area contributed by atoms with Crippen LogP contribution in [0.3, 0.4) is 0 Å². The summed E-state index contributed by atoms with van der Waals surface area (Å²) in [5.74, 6) is -0.151. The van der Waals surface area contributed by atoms with Gasteiger partial charge in [-0.05, 0) is 54.4 Å². The van der Waals surface area contributed by atoms with Crippen LogP contribution < -0.4 is 28.6 Å². The highest BCUT2D eigenvalue weighted by Crippen LogP contribution is 2.47. The molecule has 1 N–H and O–H groups in total. The lowest BCUT2D eigenvalue weighted by Gasteiger charge is -2.26. The molecule has 5 rings (SSSR count). The molecule has 2 heterocycles. The summed E-state index contributed by atoms with van der Waals surface area (Å²) in [4.78, 5) is 28.4. The van der Waals surface area contributed by atoms with Gasteiger partial charge in [0.15, 0.2) is 23.0 Å². The van der Waals surface area contributed by atoms with Crippen molar-refractivity contribution >= 4 is 34.7 Å². The second-order valence-electron chi connectivity index (χ2n) is 8.65. The number of halogens is 1. The Morgan fingerprint density at radius 3 is 2.39 bits per heavy atom. The first-order valence-electron chi connectivity index (χ1n) is 11.6. The highest BCUT2D eigenvalue weighted by molar-refractivity contribution is 6.51. The first kappa shape index (κ1) is 25.3. The fourth-order valence-electron chi connectivity index (χ4n) is 4.73. The third-order valence-electron chi connectivity index (χ3n) is 6.45. The zero-order valence-corrected chi connectivity index (χ0v) is 21.8. The summed E-state index contributed by atoms with van der Waals surface area (Å²) in [6.45, 7) is 1.84. The zero-order chi connectivity index (χ0) is 27.1. The fourth-order valence-corrected chi connectivity index (χ4v) is 5.08. The van der Waals surface area contributed by atoms with E-state index in [-0.39, 0.29) is 28.7 Å². The Kier molecular flexibility index (Phi) is 6.54. The Morgan fingerprint density at radius 1 is 0.947 bits per heavy atom. The Labute approximate surface area is 223 Å². The monoisotopic (exact) mass is 537 g/mol. The zero-order valence-electron chi connectivity index (χ0n) is 21.0. The number of fused-ring (bicyclic) bond motifs is 1. The molecular weight excluding hydrogens is 514 g/mol. The van der Waals surface area contributed by atoms with Crippen LogP contribution in [0.4, 0.5) is 5.69 Å². The fraction of sp³-hybridized carbons (Fsp3) is 0.214. The summed E-state index contributed by atoms with van der Waals surface area (Å²) in [6.07, 6.45) is 0. The minimum absolute atomic E-state index is 0.0463. The highest BCUT2D eigenvalue weighted by Gasteiger charge is 2.48. The summed E-state index contributed by atoms with van der Waals surface area (Å²) < 4.78 is 27.2. The van der Waals surface area contributed by atoms with Gasteiger partial charge in [0.05, 0.1) is 43.5 Å². The predicted molar refractivity (Wildman–Crippen MR) is 140 cm³/mol. The Hall–Kier alpha value is -4.37. The number of ketones is 1. The van der Waals surface area contributed by atoms with Crippen LogP contribution in [0, 0.1) is 6.92 Å². The van der Waals surface area contributed by atoms with Crippen molar-refractivity contribution in [1.82, 2.24) is 0 Å². The molecular formula is C28H24ClNO8. The molecule has 3 aromatic carbocycles. The highest BCUT2D eigenvalue weighted by atomic mass is 35.5. The quantitative estimate of drug-likeness (QED) is 0.265. The Bertz CT molecular complexity index is 1500. The second kappa shape index (κ2) is 9.83. The Balaban J connectivity index is 1.77. The first-order chi connectivity index (χ1) is 18.3. The van der Waals surface area contributed by atoms with Gasteiger partial charge in [0.2, 0.25) is 6.79 Å². The van der Waals surface area contributed by atoms with E-state index in [1.54, 1.807) is 55.5 Å². The summed E-state index contributed by atoms with van der Waals surface area (Å²) >= 11 is 6.38. The molecule has 0 saturated carbocycles. The van der Waals surface area contributed by atoms with Crippen molar-refractivity contribution in [3.8, 4) is 28.7 Å². The molecule has 38 heavy (non-hydrogen) atoms. The summed E-state index contributed by atoms with van der Waals surface area (Å²) in [7, 11) is 4.39. The van der Waals surface area contributed by atoms with E-state index in [0.717, 1.165) is 5.56 Å². The standard InChI is InChI=1S/C28H24ClNO8/c1-14-9-17(27(36-4)18(29)10-14)25(31)23-24(15-5-7-19(34-2)21(11-15)35-3)30(28(33)26(23)32)16-6-8-20-22(12-16)38-13-37-20/h5-12,24,31H,13H2,1-4H3/b25-23+. The number of carbonyl (C=O) groups is 2. The van der Waals surface area contributed by atoms with Crippen molar-refractivity contribution in [2.75, 3.05) is 33.0 Å². The molecule has 1 unspecified atom stereocenters. The third kappa shape index (κ3) is 4.05. The van der Waals surface area contributed by atoms with Gasteiger partial charge in [0, 0.05) is 11.8 Å². The number of carbonyl (C=O) groups excluding carboxylic acids is 2. The minimum atomic E-state index is -1.03. The van der Waals surface area contributed by atoms with Crippen molar-refractivity contribution in [2.24, 2.45) is 0 Å². The lowest BCUT2D eigenvalue weighted by Crippen LogP contribution is -2.29. The molecule has 0 bridgehead atoms. The van der Waals surface area contributed by atoms with Crippen LogP contribution in [0.2, 0.25) is 5.02 Å². The molecule has 2 aliphatic heterocycles. The van der Waals surface area contributed by atoms with E-state index in [1.165, 1.54) is 26.2 Å². The number of amides is 1. The summed E-state index contributed by atoms with van der Waals surface area (Å²) in [5, 5.41) is 11.8. The van der Waals surface area contributed by atoms with E-state index in [2.05, 4.69) is 0 Å². The number of aliphatic hydroxyl groups is 1. The van der Waals surface area contributed by atoms with E-state index >= 15 is 0 Å². The van der Waals surface area contributed by atoms with Gasteiger partial charge >= 0.3 is 0 Å². The predicted octanol–water partition coefficient (Wildman–Crippen LogP) is 5.03. The molecule has 196 valence electrons. The molecule has 3 aromatic rings. The molecule has 1 saturated heterocycles. The number of aliphatic hydroxyl groups excluding tert-OH is 1. The normalized spacial score (nSPS) is 17.6. The number of aryl methyl sites for hydroxylation is 1. The number of rotatable bonds is 6. The van der Waals surface area contributed by atoms with Gasteiger partial charge in [0.25, 0.3) is 11.7 Å². The van der Waals surface area contributed by atoms with E-state index in [0.29, 0.717) is 34.2 Å². The second-order valence-corrected chi connectivity index (χ2v) is 9.06. The summed E-state index contributed by atoms with van der Waals surface area (Å²) in [5.41, 5.74) is 1.65. The van der Waals surface area contributed by atoms with Crippen LogP contribution in [-0.2, 0) is 9.59 Å². The van der Waals surface area contributed by atoms with Gasteiger partial charge in [-0.2, -0.15) is 0 Å². The van der Waals surface area contributed by atoms with E-state index in [4.69, 9.17) is 35.3 Å². The molecule has 1 amide bonds. The average molecular weight is 538 g/mol. The third-order valence-corrected chi connectivity index (χ3v) is 6.73. The maximum Gasteiger partial charge on any atom is 0.300 e. The van der Waals surface area contributed by atoms with E-state index in [1.807, 2.05) is 0 Å². The lowest BCUT2D eigenvalue weighted by atomic mass is 9.94. The summed E-state index contributed by atoms with van der Waals surface area (Å²) in [6, 6.07) is 12.2. The van der Waals surface area contributed by atoms with Crippen LogP contribution in [-0.4, -0.2) is 44.9 Å². The van der Waals surface area contributed by atoms with Gasteiger partial charge in [0.1, 0.15) is 11.5 Å². The number of nitrogens with zero attached hydrogens (tertiary/aromatic N) is 1. The minimum Gasteiger partial charge on any atom is -0.507 e. The van der Waals surface area contributed by atoms with Gasteiger partial charge in [-0.25, -0.2) is 0 Å². The number of hydrogen-bond acceptors (Lipinski definition) is 8. The number of Topliss-reactive ketones (excluding diaryl/α,β-unsaturated/α-hetero) is 1. The SMILES string of the molecule is COc1ccc(C2/C(=C(\O)c3cc(C)cc(Cl)c3OC)C(=O)C(=O)N2c2ccc3c(c2)OCO3)cc1OC. The van der Waals surface area contributed by atoms with E-state index < -0.39 is 23.5 Å². The van der Waals surface area contributed by atoms with Crippen LogP contribution in [0.1, 0.15) is 22.7 Å². The molecule has 1 atom stereocenters. The van der Waals surface area contributed by atoms with Crippen LogP contribution in [0.5, 0.6) is 28.7 Å². The smallest absolute Gasteiger partial charge is 0.300 e. The van der Waals surface area contributed by atoms with Gasteiger partial charge < -0.3 is 28.8 Å². The molecule has 0 radical (unpaired) electrons. The van der Waals surface area contributed by atoms with Gasteiger partial charge in [-0.15, -0.1) is 0 Å². The molecule has 1 fully saturated rings. The number of ether oxygens (including phenoxy) is 5. The number of hydrogen-bond donors (Lipinski definition) is 1. The molecule has 2 aliphatic rings. The van der Waals surface area contributed by atoms with Crippen molar-refractivity contribution in [3.05, 3.63) is 75.8 Å². The molecule has 0 aromatic heterocycles. The first-order valence-corrected chi connectivity index (χ1v) is 11.9. The van der Waals surface area contributed by atoms with E-state index in [9.17, 15) is 14.7 Å². The Morgan fingerprint density at radius 2 is 1.68 bits per heavy atom. The maximum atomic E-state index is 13.6. The average Bonchev–Trinajstić information content (AvgIpc) is 3.49. The van der Waals surface area contributed by atoms with Crippen LogP contribution in [0.15, 0.2) is 54.1 Å². The van der Waals surface area contributed by atoms with Crippen molar-refractivity contribution < 1.29 is 38.4 Å². The maximum absolute atomic E-state index is 13.6. The lowest BCUT2D eigenvalue weighted by molar-refractivity contribution is -0.132. The van der Waals surface area contributed by atoms with Gasteiger partial charge in [-0.1, -0.05) is 17.7 Å². The molecule has 10 heteroatoms.